The van der Waals surface area contributed by atoms with Gasteiger partial charge >= 0.3 is 0 Å². The van der Waals surface area contributed by atoms with Crippen LogP contribution in [-0.4, -0.2) is 11.7 Å². The van der Waals surface area contributed by atoms with Crippen LogP contribution in [0.3, 0.4) is 0 Å². The SMILES string of the molecule is CC(C)(C)c1ccc(N2c3cc(C(C)(C)C)ccc3B3c4ccc(C(C)(C)C)cc4N(c4ccc(C(C)(C)C)cc4)c4cc(-c5ccccn5)cc2c43)cc1. The van der Waals surface area contributed by atoms with Crippen molar-refractivity contribution >= 4 is 57.2 Å². The number of pyridine rings is 1. The number of anilines is 6. The van der Waals surface area contributed by atoms with Crippen molar-refractivity contribution in [2.24, 2.45) is 0 Å². The molecule has 278 valence electrons. The Morgan fingerprint density at radius 2 is 0.818 bits per heavy atom. The summed E-state index contributed by atoms with van der Waals surface area (Å²) in [5.41, 5.74) is 18.7. The molecule has 2 aliphatic heterocycles. The zero-order chi connectivity index (χ0) is 39.2. The average Bonchev–Trinajstić information content (AvgIpc) is 3.13. The second-order valence-electron chi connectivity index (χ2n) is 19.9. The molecule has 6 aromatic rings. The van der Waals surface area contributed by atoms with Crippen LogP contribution in [0.2, 0.25) is 0 Å². The second kappa shape index (κ2) is 12.7. The molecule has 3 nitrogen and oxygen atoms in total. The second-order valence-corrected chi connectivity index (χ2v) is 19.9. The summed E-state index contributed by atoms with van der Waals surface area (Å²) in [4.78, 5) is 10.00. The van der Waals surface area contributed by atoms with E-state index in [1.807, 2.05) is 12.3 Å². The molecule has 0 fully saturated rings. The fourth-order valence-corrected chi connectivity index (χ4v) is 8.38. The Kier molecular flexibility index (Phi) is 8.54. The Morgan fingerprint density at radius 3 is 1.18 bits per heavy atom. The molecule has 0 N–H and O–H groups in total. The van der Waals surface area contributed by atoms with E-state index in [4.69, 9.17) is 4.98 Å². The van der Waals surface area contributed by atoms with Crippen molar-refractivity contribution in [1.82, 2.24) is 4.98 Å². The molecule has 4 heteroatoms. The summed E-state index contributed by atoms with van der Waals surface area (Å²) in [6, 6.07) is 44.1. The van der Waals surface area contributed by atoms with Crippen LogP contribution < -0.4 is 26.2 Å². The van der Waals surface area contributed by atoms with Crippen molar-refractivity contribution in [3.8, 4) is 11.3 Å². The van der Waals surface area contributed by atoms with Crippen molar-refractivity contribution in [2.45, 2.75) is 105 Å². The van der Waals surface area contributed by atoms with Gasteiger partial charge in [0.1, 0.15) is 0 Å². The van der Waals surface area contributed by atoms with E-state index in [1.165, 1.54) is 61.4 Å². The lowest BCUT2D eigenvalue weighted by atomic mass is 9.33. The van der Waals surface area contributed by atoms with E-state index in [-0.39, 0.29) is 28.4 Å². The van der Waals surface area contributed by atoms with Gasteiger partial charge in [-0.1, -0.05) is 138 Å². The fraction of sp³-hybridized carbons (Fsp3) is 0.314. The van der Waals surface area contributed by atoms with Crippen LogP contribution in [0.25, 0.3) is 11.3 Å². The fourth-order valence-electron chi connectivity index (χ4n) is 8.38. The summed E-state index contributed by atoms with van der Waals surface area (Å²) >= 11 is 0. The van der Waals surface area contributed by atoms with E-state index in [0.29, 0.717) is 0 Å². The van der Waals surface area contributed by atoms with Gasteiger partial charge in [-0.2, -0.15) is 0 Å². The van der Waals surface area contributed by atoms with Crippen LogP contribution in [0, 0.1) is 0 Å². The maximum absolute atomic E-state index is 4.93. The topological polar surface area (TPSA) is 19.4 Å². The number of aromatic nitrogens is 1. The molecular weight excluding hydrogens is 665 g/mol. The van der Waals surface area contributed by atoms with Crippen molar-refractivity contribution in [2.75, 3.05) is 9.80 Å². The minimum Gasteiger partial charge on any atom is -0.311 e. The first-order valence-electron chi connectivity index (χ1n) is 20.0. The maximum atomic E-state index is 4.93. The van der Waals surface area contributed by atoms with E-state index in [9.17, 15) is 0 Å². The first-order valence-corrected chi connectivity index (χ1v) is 20.0. The van der Waals surface area contributed by atoms with Crippen LogP contribution in [-0.2, 0) is 21.7 Å². The Labute approximate surface area is 330 Å². The molecule has 3 heterocycles. The Balaban J connectivity index is 1.49. The van der Waals surface area contributed by atoms with Gasteiger partial charge < -0.3 is 9.80 Å². The number of rotatable bonds is 3. The Morgan fingerprint density at radius 1 is 0.418 bits per heavy atom. The highest BCUT2D eigenvalue weighted by molar-refractivity contribution is 7.00. The quantitative estimate of drug-likeness (QED) is 0.169. The average molecular weight is 722 g/mol. The summed E-state index contributed by atoms with van der Waals surface area (Å²) in [5, 5.41) is 0. The van der Waals surface area contributed by atoms with Gasteiger partial charge in [-0.05, 0) is 121 Å². The molecule has 0 bridgehead atoms. The third-order valence-corrected chi connectivity index (χ3v) is 11.7. The predicted molar refractivity (Wildman–Crippen MR) is 238 cm³/mol. The number of fused-ring (bicyclic) bond motifs is 4. The van der Waals surface area contributed by atoms with Crippen LogP contribution in [0.5, 0.6) is 0 Å². The van der Waals surface area contributed by atoms with Crippen LogP contribution in [0.15, 0.2) is 121 Å². The molecule has 0 aliphatic carbocycles. The number of hydrogen-bond donors (Lipinski definition) is 0. The monoisotopic (exact) mass is 721 g/mol. The third-order valence-electron chi connectivity index (χ3n) is 11.7. The molecule has 0 atom stereocenters. The largest absolute Gasteiger partial charge is 0.311 e. The molecular formula is C51H56BN3. The summed E-state index contributed by atoms with van der Waals surface area (Å²) in [6.07, 6.45) is 1.91. The summed E-state index contributed by atoms with van der Waals surface area (Å²) in [5.74, 6) is 0. The normalized spacial score (nSPS) is 14.1. The Hall–Kier alpha value is -5.09. The summed E-state index contributed by atoms with van der Waals surface area (Å²) < 4.78 is 0. The summed E-state index contributed by atoms with van der Waals surface area (Å²) in [7, 11) is 0. The van der Waals surface area contributed by atoms with Gasteiger partial charge in [-0.15, -0.1) is 0 Å². The van der Waals surface area contributed by atoms with Gasteiger partial charge in [0.25, 0.3) is 6.71 Å². The van der Waals surface area contributed by atoms with Gasteiger partial charge in [0.05, 0.1) is 5.69 Å². The van der Waals surface area contributed by atoms with Crippen LogP contribution in [0.1, 0.15) is 105 Å². The molecule has 0 saturated heterocycles. The van der Waals surface area contributed by atoms with Gasteiger partial charge in [-0.3, -0.25) is 4.98 Å². The van der Waals surface area contributed by atoms with Crippen molar-refractivity contribution in [3.05, 3.63) is 144 Å². The van der Waals surface area contributed by atoms with Crippen molar-refractivity contribution < 1.29 is 0 Å². The van der Waals surface area contributed by atoms with E-state index >= 15 is 0 Å². The highest BCUT2D eigenvalue weighted by Crippen LogP contribution is 2.47. The van der Waals surface area contributed by atoms with Gasteiger partial charge in [0, 0.05) is 45.9 Å². The number of nitrogens with zero attached hydrogens (tertiary/aromatic N) is 3. The van der Waals surface area contributed by atoms with Gasteiger partial charge in [0.15, 0.2) is 0 Å². The zero-order valence-electron chi connectivity index (χ0n) is 35.0. The van der Waals surface area contributed by atoms with Gasteiger partial charge in [0.2, 0.25) is 0 Å². The summed E-state index contributed by atoms with van der Waals surface area (Å²) in [6.45, 7) is 27.7. The zero-order valence-corrected chi connectivity index (χ0v) is 35.0. The van der Waals surface area contributed by atoms with Crippen LogP contribution in [0.4, 0.5) is 34.1 Å². The smallest absolute Gasteiger partial charge is 0.252 e. The van der Waals surface area contributed by atoms with Crippen LogP contribution >= 0.6 is 0 Å². The van der Waals surface area contributed by atoms with E-state index in [2.05, 4.69) is 202 Å². The minimum absolute atomic E-state index is 0.0138. The predicted octanol–water partition coefficient (Wildman–Crippen LogP) is 12.0. The molecule has 1 aromatic heterocycles. The minimum atomic E-state index is -0.0138. The molecule has 0 spiro atoms. The molecule has 0 amide bonds. The standard InChI is InChI=1S/C51H56BN3/c1-48(2,3)34-16-22-38(23-17-34)54-43-31-36(50(7,8)9)20-26-40(43)52-41-27-21-37(51(10,11)12)32-44(41)55(39-24-18-35(19-25-39)49(4,5)6)46-30-33(29-45(54)47(46)52)42-15-13-14-28-53-42/h13-32H,1-12H3. The highest BCUT2D eigenvalue weighted by atomic mass is 15.2. The maximum Gasteiger partial charge on any atom is 0.252 e. The third kappa shape index (κ3) is 6.48. The first kappa shape index (κ1) is 36.9. The molecule has 0 radical (unpaired) electrons. The molecule has 0 unspecified atom stereocenters. The molecule has 2 aliphatic rings. The van der Waals surface area contributed by atoms with E-state index < -0.39 is 0 Å². The van der Waals surface area contributed by atoms with Crippen molar-refractivity contribution in [1.29, 1.82) is 0 Å². The van der Waals surface area contributed by atoms with E-state index in [0.717, 1.165) is 22.6 Å². The van der Waals surface area contributed by atoms with Gasteiger partial charge in [-0.25, -0.2) is 0 Å². The first-order chi connectivity index (χ1) is 25.8. The lowest BCUT2D eigenvalue weighted by Crippen LogP contribution is -2.61. The number of benzene rings is 5. The highest BCUT2D eigenvalue weighted by Gasteiger charge is 2.44. The molecule has 8 rings (SSSR count). The molecule has 5 aromatic carbocycles. The molecule has 55 heavy (non-hydrogen) atoms. The van der Waals surface area contributed by atoms with E-state index in [1.54, 1.807) is 0 Å². The lowest BCUT2D eigenvalue weighted by Gasteiger charge is -2.45. The molecule has 0 saturated carbocycles. The van der Waals surface area contributed by atoms with Crippen molar-refractivity contribution in [3.63, 3.8) is 0 Å². The lowest BCUT2D eigenvalue weighted by molar-refractivity contribution is 0.590. The Bertz CT molecular complexity index is 2250. The number of hydrogen-bond acceptors (Lipinski definition) is 3.